The third kappa shape index (κ3) is 2.90. The molecule has 0 saturated carbocycles. The first kappa shape index (κ1) is 14.9. The molecule has 0 unspecified atom stereocenters. The molecular weight excluding hydrogens is 304 g/mol. The standard InChI is InChI=1S/C17H20N6O/c18-17-21-7-3-13(23-17)12-9-22-16-15(12)14(4-8-20-16)24-10-11-1-5-19-6-2-11/h3-4,7-9,11,19H,1-2,5-6,10H2,(H,20,22)(H2,18,21,23). The Morgan fingerprint density at radius 2 is 2.00 bits per heavy atom. The van der Waals surface area contributed by atoms with Gasteiger partial charge in [-0.3, -0.25) is 0 Å². The van der Waals surface area contributed by atoms with Gasteiger partial charge in [-0.1, -0.05) is 0 Å². The maximum Gasteiger partial charge on any atom is 0.220 e. The molecule has 0 spiro atoms. The largest absolute Gasteiger partial charge is 0.492 e. The number of nitrogens with one attached hydrogen (secondary N) is 2. The van der Waals surface area contributed by atoms with Crippen molar-refractivity contribution < 1.29 is 4.74 Å². The fourth-order valence-corrected chi connectivity index (χ4v) is 3.13. The number of nitrogens with two attached hydrogens (primary N) is 1. The van der Waals surface area contributed by atoms with E-state index < -0.39 is 0 Å². The molecule has 1 aliphatic heterocycles. The van der Waals surface area contributed by atoms with E-state index in [9.17, 15) is 0 Å². The average Bonchev–Trinajstić information content (AvgIpc) is 3.05. The van der Waals surface area contributed by atoms with Crippen molar-refractivity contribution in [1.82, 2.24) is 25.3 Å². The van der Waals surface area contributed by atoms with E-state index in [0.29, 0.717) is 5.92 Å². The summed E-state index contributed by atoms with van der Waals surface area (Å²) in [7, 11) is 0. The first-order valence-electron chi connectivity index (χ1n) is 8.20. The SMILES string of the molecule is Nc1nccc(-c2c[nH]c3nccc(OCC4CCNCC4)c23)n1. The van der Waals surface area contributed by atoms with Gasteiger partial charge in [0.15, 0.2) is 0 Å². The van der Waals surface area contributed by atoms with Gasteiger partial charge in [-0.2, -0.15) is 0 Å². The van der Waals surface area contributed by atoms with Crippen molar-refractivity contribution in [3.05, 3.63) is 30.7 Å². The van der Waals surface area contributed by atoms with Crippen molar-refractivity contribution >= 4 is 17.0 Å². The Hall–Kier alpha value is -2.67. The Morgan fingerprint density at radius 3 is 2.83 bits per heavy atom. The molecule has 0 radical (unpaired) electrons. The van der Waals surface area contributed by atoms with E-state index in [1.165, 1.54) is 0 Å². The first-order chi connectivity index (χ1) is 11.8. The molecule has 0 amide bonds. The highest BCUT2D eigenvalue weighted by atomic mass is 16.5. The molecule has 0 aliphatic carbocycles. The number of fused-ring (bicyclic) bond motifs is 1. The highest BCUT2D eigenvalue weighted by Crippen LogP contribution is 2.34. The summed E-state index contributed by atoms with van der Waals surface area (Å²) in [6.07, 6.45) is 7.60. The van der Waals surface area contributed by atoms with E-state index in [1.807, 2.05) is 18.3 Å². The fourth-order valence-electron chi connectivity index (χ4n) is 3.13. The van der Waals surface area contributed by atoms with Gasteiger partial charge in [-0.15, -0.1) is 0 Å². The van der Waals surface area contributed by atoms with Crippen LogP contribution in [-0.2, 0) is 0 Å². The topological polar surface area (TPSA) is 102 Å². The third-order valence-electron chi connectivity index (χ3n) is 4.42. The summed E-state index contributed by atoms with van der Waals surface area (Å²) < 4.78 is 6.15. The number of nitrogens with zero attached hydrogens (tertiary/aromatic N) is 3. The summed E-state index contributed by atoms with van der Waals surface area (Å²) in [5, 5.41) is 4.31. The van der Waals surface area contributed by atoms with Crippen LogP contribution in [0.15, 0.2) is 30.7 Å². The Balaban J connectivity index is 1.66. The van der Waals surface area contributed by atoms with Crippen molar-refractivity contribution in [2.75, 3.05) is 25.4 Å². The van der Waals surface area contributed by atoms with Crippen LogP contribution in [-0.4, -0.2) is 39.6 Å². The van der Waals surface area contributed by atoms with Crippen molar-refractivity contribution in [2.45, 2.75) is 12.8 Å². The fraction of sp³-hybridized carbons (Fsp3) is 0.353. The number of ether oxygens (including phenoxy) is 1. The summed E-state index contributed by atoms with van der Waals surface area (Å²) in [5.74, 6) is 1.67. The second kappa shape index (κ2) is 6.45. The molecule has 3 aromatic heterocycles. The van der Waals surface area contributed by atoms with Crippen LogP contribution in [0.1, 0.15) is 12.8 Å². The van der Waals surface area contributed by atoms with Crippen LogP contribution in [0.25, 0.3) is 22.3 Å². The van der Waals surface area contributed by atoms with E-state index in [0.717, 1.165) is 60.6 Å². The summed E-state index contributed by atoms with van der Waals surface area (Å²) in [6, 6.07) is 3.74. The lowest BCUT2D eigenvalue weighted by Gasteiger charge is -2.22. The number of piperidine rings is 1. The van der Waals surface area contributed by atoms with Crippen molar-refractivity contribution in [2.24, 2.45) is 5.92 Å². The van der Waals surface area contributed by atoms with E-state index >= 15 is 0 Å². The summed E-state index contributed by atoms with van der Waals surface area (Å²) in [6.45, 7) is 2.85. The van der Waals surface area contributed by atoms with Gasteiger partial charge in [0.1, 0.15) is 11.4 Å². The Bertz CT molecular complexity index is 840. The molecule has 7 heteroatoms. The van der Waals surface area contributed by atoms with Gasteiger partial charge in [-0.25, -0.2) is 15.0 Å². The number of H-pyrrole nitrogens is 1. The Kier molecular flexibility index (Phi) is 4.00. The first-order valence-corrected chi connectivity index (χ1v) is 8.20. The number of aromatic nitrogens is 4. The van der Waals surface area contributed by atoms with Gasteiger partial charge < -0.3 is 20.8 Å². The smallest absolute Gasteiger partial charge is 0.220 e. The predicted molar refractivity (Wildman–Crippen MR) is 92.6 cm³/mol. The number of rotatable bonds is 4. The van der Waals surface area contributed by atoms with Gasteiger partial charge in [0.2, 0.25) is 5.95 Å². The highest BCUT2D eigenvalue weighted by Gasteiger charge is 2.17. The minimum atomic E-state index is 0.253. The molecule has 124 valence electrons. The average molecular weight is 324 g/mol. The molecule has 0 aromatic carbocycles. The molecule has 24 heavy (non-hydrogen) atoms. The zero-order valence-corrected chi connectivity index (χ0v) is 13.3. The summed E-state index contributed by atoms with van der Waals surface area (Å²) in [5.41, 5.74) is 8.18. The van der Waals surface area contributed by atoms with Crippen LogP contribution in [0.4, 0.5) is 5.95 Å². The molecule has 3 aromatic rings. The maximum atomic E-state index is 6.15. The minimum Gasteiger partial charge on any atom is -0.492 e. The lowest BCUT2D eigenvalue weighted by atomic mass is 9.99. The second-order valence-corrected chi connectivity index (χ2v) is 6.04. The highest BCUT2D eigenvalue weighted by molar-refractivity contribution is 5.97. The molecular formula is C17H20N6O. The second-order valence-electron chi connectivity index (χ2n) is 6.04. The van der Waals surface area contributed by atoms with Gasteiger partial charge >= 0.3 is 0 Å². The number of anilines is 1. The number of hydrogen-bond donors (Lipinski definition) is 3. The molecule has 4 N–H and O–H groups in total. The van der Waals surface area contributed by atoms with E-state index in [-0.39, 0.29) is 5.95 Å². The van der Waals surface area contributed by atoms with Crippen LogP contribution in [0.5, 0.6) is 5.75 Å². The van der Waals surface area contributed by atoms with Gasteiger partial charge in [0.25, 0.3) is 0 Å². The maximum absolute atomic E-state index is 6.15. The van der Waals surface area contributed by atoms with Crippen molar-refractivity contribution in [3.63, 3.8) is 0 Å². The Morgan fingerprint density at radius 1 is 1.17 bits per heavy atom. The van der Waals surface area contributed by atoms with E-state index in [1.54, 1.807) is 12.4 Å². The van der Waals surface area contributed by atoms with Crippen LogP contribution in [0, 0.1) is 5.92 Å². The lowest BCUT2D eigenvalue weighted by molar-refractivity contribution is 0.217. The van der Waals surface area contributed by atoms with Crippen molar-refractivity contribution in [1.29, 1.82) is 0 Å². The molecule has 0 bridgehead atoms. The normalized spacial score (nSPS) is 15.7. The molecule has 7 nitrogen and oxygen atoms in total. The lowest BCUT2D eigenvalue weighted by Crippen LogP contribution is -2.30. The molecule has 4 heterocycles. The van der Waals surface area contributed by atoms with Gasteiger partial charge in [0.05, 0.1) is 17.7 Å². The van der Waals surface area contributed by atoms with Crippen LogP contribution in [0.2, 0.25) is 0 Å². The third-order valence-corrected chi connectivity index (χ3v) is 4.42. The molecule has 4 rings (SSSR count). The zero-order chi connectivity index (χ0) is 16.4. The summed E-state index contributed by atoms with van der Waals surface area (Å²) in [4.78, 5) is 15.8. The van der Waals surface area contributed by atoms with Crippen molar-refractivity contribution in [3.8, 4) is 17.0 Å². The van der Waals surface area contributed by atoms with Crippen LogP contribution in [0.3, 0.4) is 0 Å². The van der Waals surface area contributed by atoms with Gasteiger partial charge in [-0.05, 0) is 44.0 Å². The van der Waals surface area contributed by atoms with Gasteiger partial charge in [0, 0.05) is 24.2 Å². The quantitative estimate of drug-likeness (QED) is 0.678. The Labute approximate surface area is 139 Å². The number of aromatic amines is 1. The van der Waals surface area contributed by atoms with E-state index in [2.05, 4.69) is 25.3 Å². The number of pyridine rings is 1. The monoisotopic (exact) mass is 324 g/mol. The molecule has 1 fully saturated rings. The summed E-state index contributed by atoms with van der Waals surface area (Å²) >= 11 is 0. The van der Waals surface area contributed by atoms with E-state index in [4.69, 9.17) is 10.5 Å². The number of hydrogen-bond acceptors (Lipinski definition) is 6. The minimum absolute atomic E-state index is 0.253. The zero-order valence-electron chi connectivity index (χ0n) is 13.3. The predicted octanol–water partition coefficient (Wildman–Crippen LogP) is 1.98. The van der Waals surface area contributed by atoms with Crippen LogP contribution < -0.4 is 15.8 Å². The molecule has 1 aliphatic rings. The molecule has 1 saturated heterocycles. The molecule has 0 atom stereocenters. The van der Waals surface area contributed by atoms with Crippen LogP contribution >= 0.6 is 0 Å². The number of nitrogen functional groups attached to an aromatic ring is 1.